The largest absolute Gasteiger partial charge is 0.495 e. The van der Waals surface area contributed by atoms with Crippen LogP contribution >= 0.6 is 11.6 Å². The smallest absolute Gasteiger partial charge is 0.241 e. The van der Waals surface area contributed by atoms with E-state index in [0.29, 0.717) is 29.3 Å². The summed E-state index contributed by atoms with van der Waals surface area (Å²) in [4.78, 5) is 14.4. The summed E-state index contributed by atoms with van der Waals surface area (Å²) in [7, 11) is 1.55. The molecule has 2 rings (SSSR count). The maximum absolute atomic E-state index is 12.4. The van der Waals surface area contributed by atoms with Crippen molar-refractivity contribution in [3.8, 4) is 5.75 Å². The van der Waals surface area contributed by atoms with E-state index >= 15 is 0 Å². The van der Waals surface area contributed by atoms with Gasteiger partial charge >= 0.3 is 0 Å². The zero-order chi connectivity index (χ0) is 15.4. The van der Waals surface area contributed by atoms with E-state index in [1.54, 1.807) is 25.3 Å². The number of nitrogens with one attached hydrogen (secondary N) is 1. The van der Waals surface area contributed by atoms with Crippen LogP contribution in [0.1, 0.15) is 19.8 Å². The number of rotatable bonds is 4. The van der Waals surface area contributed by atoms with Gasteiger partial charge in [-0.3, -0.25) is 9.69 Å². The molecule has 2 N–H and O–H groups in total. The van der Waals surface area contributed by atoms with E-state index in [1.165, 1.54) is 0 Å². The lowest BCUT2D eigenvalue weighted by Gasteiger charge is -2.33. The van der Waals surface area contributed by atoms with Gasteiger partial charge in [-0.05, 0) is 38.0 Å². The van der Waals surface area contributed by atoms with Gasteiger partial charge in [-0.15, -0.1) is 0 Å². The Kier molecular flexibility index (Phi) is 5.45. The van der Waals surface area contributed by atoms with Gasteiger partial charge in [-0.25, -0.2) is 0 Å². The summed E-state index contributed by atoms with van der Waals surface area (Å²) in [6.45, 7) is 3.31. The highest BCUT2D eigenvalue weighted by molar-refractivity contribution is 6.31. The lowest BCUT2D eigenvalue weighted by Crippen LogP contribution is -2.47. The van der Waals surface area contributed by atoms with Crippen molar-refractivity contribution in [3.05, 3.63) is 23.2 Å². The monoisotopic (exact) mass is 312 g/mol. The van der Waals surface area contributed by atoms with Crippen molar-refractivity contribution in [1.29, 1.82) is 0 Å². The van der Waals surface area contributed by atoms with E-state index in [9.17, 15) is 9.90 Å². The molecule has 116 valence electrons. The van der Waals surface area contributed by atoms with Crippen LogP contribution in [0.15, 0.2) is 18.2 Å². The number of aliphatic hydroxyl groups excluding tert-OH is 1. The van der Waals surface area contributed by atoms with Gasteiger partial charge in [0.05, 0.1) is 24.9 Å². The Balaban J connectivity index is 2.02. The van der Waals surface area contributed by atoms with Gasteiger partial charge < -0.3 is 15.2 Å². The van der Waals surface area contributed by atoms with E-state index < -0.39 is 0 Å². The number of halogens is 1. The summed E-state index contributed by atoms with van der Waals surface area (Å²) in [5.41, 5.74) is 0.568. The molecule has 1 aliphatic heterocycles. The molecule has 5 nitrogen and oxygen atoms in total. The number of hydrogen-bond acceptors (Lipinski definition) is 4. The van der Waals surface area contributed by atoms with Crippen LogP contribution in [0.4, 0.5) is 5.69 Å². The Hall–Kier alpha value is -1.30. The Morgan fingerprint density at radius 1 is 1.48 bits per heavy atom. The van der Waals surface area contributed by atoms with Crippen LogP contribution < -0.4 is 10.1 Å². The number of amides is 1. The third-order valence-corrected chi connectivity index (χ3v) is 4.08. The van der Waals surface area contributed by atoms with E-state index in [0.717, 1.165) is 13.1 Å². The average molecular weight is 313 g/mol. The second-order valence-electron chi connectivity index (χ2n) is 5.28. The molecule has 1 aromatic carbocycles. The molecule has 1 unspecified atom stereocenters. The Morgan fingerprint density at radius 3 is 2.76 bits per heavy atom. The lowest BCUT2D eigenvalue weighted by molar-refractivity contribution is -0.121. The second-order valence-corrected chi connectivity index (χ2v) is 5.71. The number of aliphatic hydroxyl groups is 1. The number of methoxy groups -OCH3 is 1. The SMILES string of the molecule is COc1ccc(Cl)cc1NC(=O)C(C)N1CCC(O)CC1. The fraction of sp³-hybridized carbons (Fsp3) is 0.533. The van der Waals surface area contributed by atoms with Crippen LogP contribution in [0.25, 0.3) is 0 Å². The molecule has 0 radical (unpaired) electrons. The summed E-state index contributed by atoms with van der Waals surface area (Å²) >= 11 is 5.96. The number of nitrogens with zero attached hydrogens (tertiary/aromatic N) is 1. The number of carbonyl (C=O) groups is 1. The molecule has 1 aromatic rings. The first-order chi connectivity index (χ1) is 10.0. The van der Waals surface area contributed by atoms with Crippen molar-refractivity contribution in [2.24, 2.45) is 0 Å². The normalized spacial score (nSPS) is 18.3. The standard InChI is InChI=1S/C15H21ClN2O3/c1-10(18-7-5-12(19)6-8-18)15(20)17-13-9-11(16)3-4-14(13)21-2/h3-4,9-10,12,19H,5-8H2,1-2H3,(H,17,20). The lowest BCUT2D eigenvalue weighted by atomic mass is 10.1. The van der Waals surface area contributed by atoms with Crippen LogP contribution in [-0.2, 0) is 4.79 Å². The number of ether oxygens (including phenoxy) is 1. The predicted molar refractivity (Wildman–Crippen MR) is 82.9 cm³/mol. The molecule has 0 bridgehead atoms. The van der Waals surface area contributed by atoms with Crippen molar-refractivity contribution in [1.82, 2.24) is 4.90 Å². The molecule has 0 spiro atoms. The van der Waals surface area contributed by atoms with Crippen molar-refractivity contribution in [3.63, 3.8) is 0 Å². The summed E-state index contributed by atoms with van der Waals surface area (Å²) < 4.78 is 5.22. The molecule has 1 saturated heterocycles. The molecule has 0 aromatic heterocycles. The first kappa shape index (κ1) is 16.1. The van der Waals surface area contributed by atoms with Crippen molar-refractivity contribution < 1.29 is 14.6 Å². The van der Waals surface area contributed by atoms with E-state index in [1.807, 2.05) is 6.92 Å². The van der Waals surface area contributed by atoms with E-state index in [-0.39, 0.29) is 18.1 Å². The minimum Gasteiger partial charge on any atom is -0.495 e. The Morgan fingerprint density at radius 2 is 2.14 bits per heavy atom. The van der Waals surface area contributed by atoms with Gasteiger partial charge in [0.25, 0.3) is 0 Å². The summed E-state index contributed by atoms with van der Waals surface area (Å²) in [5.74, 6) is 0.473. The fourth-order valence-electron chi connectivity index (χ4n) is 2.45. The van der Waals surface area contributed by atoms with E-state index in [2.05, 4.69) is 10.2 Å². The minimum atomic E-state index is -0.263. The van der Waals surface area contributed by atoms with Crippen LogP contribution in [0.3, 0.4) is 0 Å². The van der Waals surface area contributed by atoms with Crippen molar-refractivity contribution >= 4 is 23.2 Å². The zero-order valence-corrected chi connectivity index (χ0v) is 13.1. The van der Waals surface area contributed by atoms with Gasteiger partial charge in [-0.1, -0.05) is 11.6 Å². The fourth-order valence-corrected chi connectivity index (χ4v) is 2.63. The van der Waals surface area contributed by atoms with Gasteiger partial charge in [0, 0.05) is 18.1 Å². The highest BCUT2D eigenvalue weighted by Gasteiger charge is 2.26. The average Bonchev–Trinajstić information content (AvgIpc) is 2.47. The predicted octanol–water partition coefficient (Wildman–Crippen LogP) is 2.13. The molecule has 1 heterocycles. The topological polar surface area (TPSA) is 61.8 Å². The first-order valence-electron chi connectivity index (χ1n) is 7.07. The van der Waals surface area contributed by atoms with Crippen molar-refractivity contribution in [2.75, 3.05) is 25.5 Å². The molecule has 1 amide bonds. The molecule has 1 atom stereocenters. The van der Waals surface area contributed by atoms with Crippen LogP contribution in [-0.4, -0.2) is 48.3 Å². The van der Waals surface area contributed by atoms with Crippen molar-refractivity contribution in [2.45, 2.75) is 31.9 Å². The highest BCUT2D eigenvalue weighted by Crippen LogP contribution is 2.28. The molecule has 0 aliphatic carbocycles. The zero-order valence-electron chi connectivity index (χ0n) is 12.3. The molecule has 1 aliphatic rings. The van der Waals surface area contributed by atoms with E-state index in [4.69, 9.17) is 16.3 Å². The summed E-state index contributed by atoms with van der Waals surface area (Å²) in [5, 5.41) is 12.9. The second kappa shape index (κ2) is 7.11. The van der Waals surface area contributed by atoms with Gasteiger partial charge in [-0.2, -0.15) is 0 Å². The first-order valence-corrected chi connectivity index (χ1v) is 7.45. The van der Waals surface area contributed by atoms with Crippen LogP contribution in [0.2, 0.25) is 5.02 Å². The Bertz CT molecular complexity index is 502. The maximum Gasteiger partial charge on any atom is 0.241 e. The third-order valence-electron chi connectivity index (χ3n) is 3.85. The number of likely N-dealkylation sites (tertiary alicyclic amines) is 1. The summed E-state index contributed by atoms with van der Waals surface area (Å²) in [6.07, 6.45) is 1.17. The number of carbonyl (C=O) groups excluding carboxylic acids is 1. The molecule has 21 heavy (non-hydrogen) atoms. The van der Waals surface area contributed by atoms with Crippen LogP contribution in [0, 0.1) is 0 Å². The number of anilines is 1. The number of hydrogen-bond donors (Lipinski definition) is 2. The summed E-state index contributed by atoms with van der Waals surface area (Å²) in [6, 6.07) is 4.84. The van der Waals surface area contributed by atoms with Crippen LogP contribution in [0.5, 0.6) is 5.75 Å². The van der Waals surface area contributed by atoms with Gasteiger partial charge in [0.15, 0.2) is 0 Å². The highest BCUT2D eigenvalue weighted by atomic mass is 35.5. The third kappa shape index (κ3) is 4.09. The molecule has 0 saturated carbocycles. The van der Waals surface area contributed by atoms with Gasteiger partial charge in [0.2, 0.25) is 5.91 Å². The quantitative estimate of drug-likeness (QED) is 0.894. The molecule has 1 fully saturated rings. The molecular weight excluding hydrogens is 292 g/mol. The molecular formula is C15H21ClN2O3. The maximum atomic E-state index is 12.4. The number of benzene rings is 1. The Labute approximate surface area is 129 Å². The molecule has 6 heteroatoms. The number of piperidine rings is 1. The minimum absolute atomic E-state index is 0.105. The van der Waals surface area contributed by atoms with Gasteiger partial charge in [0.1, 0.15) is 5.75 Å².